The van der Waals surface area contributed by atoms with Crippen LogP contribution in [0.25, 0.3) is 0 Å². The predicted molar refractivity (Wildman–Crippen MR) is 269 cm³/mol. The molecule has 0 aliphatic heterocycles. The first kappa shape index (κ1) is 58.3. The zero-order valence-corrected chi connectivity index (χ0v) is 40.1. The van der Waals surface area contributed by atoms with Crippen molar-refractivity contribution < 1.29 is 23.8 Å². The monoisotopic (exact) mass is 857 g/mol. The van der Waals surface area contributed by atoms with Crippen molar-refractivity contribution in [2.75, 3.05) is 19.8 Å². The smallest absolute Gasteiger partial charge is 0.306 e. The van der Waals surface area contributed by atoms with Gasteiger partial charge in [0.2, 0.25) is 0 Å². The molecule has 350 valence electrons. The summed E-state index contributed by atoms with van der Waals surface area (Å²) in [5.41, 5.74) is 0. The van der Waals surface area contributed by atoms with Gasteiger partial charge < -0.3 is 14.2 Å². The third kappa shape index (κ3) is 49.0. The van der Waals surface area contributed by atoms with E-state index in [2.05, 4.69) is 142 Å². The largest absolute Gasteiger partial charge is 0.462 e. The van der Waals surface area contributed by atoms with Gasteiger partial charge in [-0.05, 0) is 122 Å². The molecule has 0 radical (unpaired) electrons. The first-order chi connectivity index (χ1) is 30.6. The molecule has 0 rings (SSSR count). The highest BCUT2D eigenvalue weighted by Gasteiger charge is 2.17. The summed E-state index contributed by atoms with van der Waals surface area (Å²) in [6.45, 7) is 7.36. The number of carbonyl (C=O) groups is 2. The zero-order valence-electron chi connectivity index (χ0n) is 40.1. The van der Waals surface area contributed by atoms with Crippen molar-refractivity contribution in [1.29, 1.82) is 0 Å². The first-order valence-corrected chi connectivity index (χ1v) is 25.1. The van der Waals surface area contributed by atoms with Gasteiger partial charge in [0.25, 0.3) is 0 Å². The lowest BCUT2D eigenvalue weighted by Crippen LogP contribution is -2.30. The Hall–Kier alpha value is -3.70. The Labute approximate surface area is 382 Å². The molecule has 0 amide bonds. The van der Waals surface area contributed by atoms with Crippen LogP contribution in [0.1, 0.15) is 201 Å². The van der Waals surface area contributed by atoms with Crippen LogP contribution in [0.15, 0.2) is 122 Å². The lowest BCUT2D eigenvalue weighted by molar-refractivity contribution is -0.163. The molecule has 5 heteroatoms. The second-order valence-electron chi connectivity index (χ2n) is 15.9. The Morgan fingerprint density at radius 2 is 0.677 bits per heavy atom. The minimum Gasteiger partial charge on any atom is -0.462 e. The minimum atomic E-state index is -0.577. The highest BCUT2D eigenvalue weighted by molar-refractivity contribution is 5.70. The average Bonchev–Trinajstić information content (AvgIpc) is 3.27. The summed E-state index contributed by atoms with van der Waals surface area (Å²) in [5.74, 6) is -0.464. The number of hydrogen-bond donors (Lipinski definition) is 0. The summed E-state index contributed by atoms with van der Waals surface area (Å²) in [7, 11) is 0. The molecule has 62 heavy (non-hydrogen) atoms. The molecule has 1 unspecified atom stereocenters. The maximum atomic E-state index is 12.8. The lowest BCUT2D eigenvalue weighted by Gasteiger charge is -2.18. The number of ether oxygens (including phenoxy) is 3. The summed E-state index contributed by atoms with van der Waals surface area (Å²) < 4.78 is 17.3. The molecular formula is C57H92O5. The first-order valence-electron chi connectivity index (χ1n) is 25.1. The highest BCUT2D eigenvalue weighted by atomic mass is 16.6. The average molecular weight is 857 g/mol. The van der Waals surface area contributed by atoms with E-state index in [1.54, 1.807) is 0 Å². The third-order valence-corrected chi connectivity index (χ3v) is 9.97. The van der Waals surface area contributed by atoms with Gasteiger partial charge in [0, 0.05) is 19.4 Å². The number of allylic oxidation sites excluding steroid dienone is 20. The fourth-order valence-corrected chi connectivity index (χ4v) is 6.35. The van der Waals surface area contributed by atoms with E-state index in [4.69, 9.17) is 14.2 Å². The van der Waals surface area contributed by atoms with Crippen LogP contribution in [0.5, 0.6) is 0 Å². The molecular weight excluding hydrogens is 765 g/mol. The van der Waals surface area contributed by atoms with Gasteiger partial charge >= 0.3 is 11.9 Å². The van der Waals surface area contributed by atoms with Crippen LogP contribution in [0, 0.1) is 0 Å². The van der Waals surface area contributed by atoms with Crippen LogP contribution in [-0.2, 0) is 23.8 Å². The van der Waals surface area contributed by atoms with Crippen LogP contribution in [-0.4, -0.2) is 37.9 Å². The van der Waals surface area contributed by atoms with Crippen molar-refractivity contribution in [2.45, 2.75) is 207 Å². The van der Waals surface area contributed by atoms with Gasteiger partial charge in [0.1, 0.15) is 6.61 Å². The highest BCUT2D eigenvalue weighted by Crippen LogP contribution is 2.12. The van der Waals surface area contributed by atoms with Crippen molar-refractivity contribution >= 4 is 11.9 Å². The number of esters is 2. The van der Waals surface area contributed by atoms with Gasteiger partial charge in [-0.15, -0.1) is 0 Å². The summed E-state index contributed by atoms with van der Waals surface area (Å²) in [5, 5.41) is 0. The topological polar surface area (TPSA) is 61.8 Å². The van der Waals surface area contributed by atoms with E-state index < -0.39 is 6.10 Å². The van der Waals surface area contributed by atoms with Crippen molar-refractivity contribution in [3.05, 3.63) is 122 Å². The van der Waals surface area contributed by atoms with Gasteiger partial charge in [-0.25, -0.2) is 0 Å². The number of unbranched alkanes of at least 4 members (excludes halogenated alkanes) is 13. The Kier molecular flexibility index (Phi) is 48.6. The number of hydrogen-bond acceptors (Lipinski definition) is 5. The van der Waals surface area contributed by atoms with Crippen LogP contribution in [0.3, 0.4) is 0 Å². The van der Waals surface area contributed by atoms with Crippen molar-refractivity contribution in [2.24, 2.45) is 0 Å². The molecule has 0 aliphatic rings. The third-order valence-electron chi connectivity index (χ3n) is 9.97. The molecule has 1 atom stereocenters. The van der Waals surface area contributed by atoms with Crippen molar-refractivity contribution in [1.82, 2.24) is 0 Å². The maximum absolute atomic E-state index is 12.8. The molecule has 5 nitrogen and oxygen atoms in total. The van der Waals surface area contributed by atoms with E-state index in [0.717, 1.165) is 141 Å². The predicted octanol–water partition coefficient (Wildman–Crippen LogP) is 17.0. The Morgan fingerprint density at radius 1 is 0.355 bits per heavy atom. The van der Waals surface area contributed by atoms with Crippen LogP contribution in [0.2, 0.25) is 0 Å². The summed E-state index contributed by atoms with van der Waals surface area (Å²) in [6, 6.07) is 0. The van der Waals surface area contributed by atoms with Crippen LogP contribution in [0.4, 0.5) is 0 Å². The minimum absolute atomic E-state index is 0.0482. The SMILES string of the molecule is CC/C=C\C/C=C\C/C=C\C/C=C\CCCCCOCC(COC(=O)CCCCCCC/C=C\C/C=C\C/C=C\CC)OC(=O)CCCCCCC/C=C\C/C=C\C/C=C\CC. The van der Waals surface area contributed by atoms with Crippen LogP contribution >= 0.6 is 0 Å². The summed E-state index contributed by atoms with van der Waals surface area (Å²) in [6.07, 6.45) is 72.0. The van der Waals surface area contributed by atoms with E-state index in [1.165, 1.54) is 25.7 Å². The Morgan fingerprint density at radius 3 is 1.08 bits per heavy atom. The van der Waals surface area contributed by atoms with Gasteiger partial charge in [-0.3, -0.25) is 9.59 Å². The van der Waals surface area contributed by atoms with E-state index in [-0.39, 0.29) is 25.2 Å². The second-order valence-corrected chi connectivity index (χ2v) is 15.9. The maximum Gasteiger partial charge on any atom is 0.306 e. The molecule has 0 saturated heterocycles. The molecule has 0 N–H and O–H groups in total. The molecule has 0 heterocycles. The van der Waals surface area contributed by atoms with Gasteiger partial charge in [-0.1, -0.05) is 187 Å². The Bertz CT molecular complexity index is 1290. The number of rotatable bonds is 44. The second kappa shape index (κ2) is 51.6. The van der Waals surface area contributed by atoms with E-state index >= 15 is 0 Å². The molecule has 0 bridgehead atoms. The van der Waals surface area contributed by atoms with Crippen molar-refractivity contribution in [3.8, 4) is 0 Å². The molecule has 0 spiro atoms. The zero-order chi connectivity index (χ0) is 44.9. The standard InChI is InChI=1S/C57H92O5/c1-4-7-10-13-16-19-22-25-28-31-34-37-40-43-46-49-52-60-53-55(62-57(59)51-48-45-42-39-36-33-30-27-24-21-18-15-12-9-6-3)54-61-56(58)50-47-44-41-38-35-32-29-26-23-20-17-14-11-8-5-2/h7-12,16-21,25-30,34,37,55H,4-6,13-15,22-24,31-33,35-36,38-54H2,1-3H3/b10-7-,11-8-,12-9-,19-16-,20-17-,21-18-,28-25-,29-26-,30-27-,37-34-. The number of carbonyl (C=O) groups excluding carboxylic acids is 2. The lowest BCUT2D eigenvalue weighted by atomic mass is 10.1. The van der Waals surface area contributed by atoms with E-state index in [0.29, 0.717) is 19.4 Å². The summed E-state index contributed by atoms with van der Waals surface area (Å²) >= 11 is 0. The Balaban J connectivity index is 4.42. The van der Waals surface area contributed by atoms with E-state index in [1.807, 2.05) is 0 Å². The van der Waals surface area contributed by atoms with Crippen LogP contribution < -0.4 is 0 Å². The molecule has 0 saturated carbocycles. The fraction of sp³-hybridized carbons (Fsp3) is 0.614. The quantitative estimate of drug-likeness (QED) is 0.0347. The molecule has 0 aliphatic carbocycles. The molecule has 0 aromatic heterocycles. The van der Waals surface area contributed by atoms with E-state index in [9.17, 15) is 9.59 Å². The molecule has 0 aromatic carbocycles. The molecule has 0 aromatic rings. The normalized spacial score (nSPS) is 13.3. The van der Waals surface area contributed by atoms with Gasteiger partial charge in [-0.2, -0.15) is 0 Å². The summed E-state index contributed by atoms with van der Waals surface area (Å²) in [4.78, 5) is 25.4. The van der Waals surface area contributed by atoms with Gasteiger partial charge in [0.15, 0.2) is 6.10 Å². The fourth-order valence-electron chi connectivity index (χ4n) is 6.35. The van der Waals surface area contributed by atoms with Gasteiger partial charge in [0.05, 0.1) is 6.61 Å². The molecule has 0 fully saturated rings. The van der Waals surface area contributed by atoms with Crippen molar-refractivity contribution in [3.63, 3.8) is 0 Å².